The standard InChI is InChI=1S/C16H23NO/c1-2-7-14-8-3-6-11-16(14)18-13-12-17-15-9-4-5-10-15/h2-3,6-8,11,15,17H,4-5,9-10,12-13H2,1H3. The summed E-state index contributed by atoms with van der Waals surface area (Å²) in [6.07, 6.45) is 9.54. The lowest BCUT2D eigenvalue weighted by Crippen LogP contribution is -2.30. The molecule has 18 heavy (non-hydrogen) atoms. The molecule has 0 saturated heterocycles. The summed E-state index contributed by atoms with van der Waals surface area (Å²) >= 11 is 0. The number of hydrogen-bond acceptors (Lipinski definition) is 2. The van der Waals surface area contributed by atoms with Crippen molar-refractivity contribution in [2.24, 2.45) is 0 Å². The van der Waals surface area contributed by atoms with Gasteiger partial charge in [-0.1, -0.05) is 43.2 Å². The SMILES string of the molecule is CC=Cc1ccccc1OCCNC1CCCC1. The molecule has 1 aliphatic rings. The van der Waals surface area contributed by atoms with E-state index in [4.69, 9.17) is 4.74 Å². The molecule has 2 heteroatoms. The first kappa shape index (κ1) is 13.2. The fourth-order valence-corrected chi connectivity index (χ4v) is 2.48. The molecule has 0 aliphatic heterocycles. The van der Waals surface area contributed by atoms with E-state index in [0.717, 1.165) is 30.5 Å². The third-order valence-corrected chi connectivity index (χ3v) is 3.41. The van der Waals surface area contributed by atoms with Gasteiger partial charge in [-0.3, -0.25) is 0 Å². The molecule has 0 atom stereocenters. The Morgan fingerprint density at radius 3 is 2.83 bits per heavy atom. The van der Waals surface area contributed by atoms with Gasteiger partial charge in [0.25, 0.3) is 0 Å². The molecule has 1 aromatic rings. The summed E-state index contributed by atoms with van der Waals surface area (Å²) in [6.45, 7) is 3.71. The van der Waals surface area contributed by atoms with Crippen molar-refractivity contribution in [3.05, 3.63) is 35.9 Å². The Morgan fingerprint density at radius 2 is 2.06 bits per heavy atom. The molecule has 0 unspecified atom stereocenters. The summed E-state index contributed by atoms with van der Waals surface area (Å²) in [6, 6.07) is 8.90. The van der Waals surface area contributed by atoms with Gasteiger partial charge < -0.3 is 10.1 Å². The summed E-state index contributed by atoms with van der Waals surface area (Å²) < 4.78 is 5.84. The quantitative estimate of drug-likeness (QED) is 0.773. The number of para-hydroxylation sites is 1. The van der Waals surface area contributed by atoms with Gasteiger partial charge in [-0.25, -0.2) is 0 Å². The van der Waals surface area contributed by atoms with Crippen LogP contribution >= 0.6 is 0 Å². The number of rotatable bonds is 6. The van der Waals surface area contributed by atoms with E-state index in [1.807, 2.05) is 31.2 Å². The maximum atomic E-state index is 5.84. The Balaban J connectivity index is 1.75. The average Bonchev–Trinajstić information content (AvgIpc) is 2.90. The third-order valence-electron chi connectivity index (χ3n) is 3.41. The second-order valence-corrected chi connectivity index (χ2v) is 4.82. The highest BCUT2D eigenvalue weighted by Crippen LogP contribution is 2.19. The van der Waals surface area contributed by atoms with Crippen LogP contribution in [0.2, 0.25) is 0 Å². The average molecular weight is 245 g/mol. The van der Waals surface area contributed by atoms with Gasteiger partial charge in [-0.2, -0.15) is 0 Å². The van der Waals surface area contributed by atoms with Crippen LogP contribution in [-0.2, 0) is 0 Å². The van der Waals surface area contributed by atoms with Crippen LogP contribution in [0.3, 0.4) is 0 Å². The van der Waals surface area contributed by atoms with Gasteiger partial charge in [-0.15, -0.1) is 0 Å². The summed E-state index contributed by atoms with van der Waals surface area (Å²) in [4.78, 5) is 0. The van der Waals surface area contributed by atoms with Crippen LogP contribution in [0.4, 0.5) is 0 Å². The Hall–Kier alpha value is -1.28. The van der Waals surface area contributed by atoms with Crippen LogP contribution in [0.15, 0.2) is 30.3 Å². The van der Waals surface area contributed by atoms with Crippen LogP contribution < -0.4 is 10.1 Å². The zero-order valence-electron chi connectivity index (χ0n) is 11.2. The second-order valence-electron chi connectivity index (χ2n) is 4.82. The molecule has 2 rings (SSSR count). The fourth-order valence-electron chi connectivity index (χ4n) is 2.48. The molecule has 1 aliphatic carbocycles. The summed E-state index contributed by atoms with van der Waals surface area (Å²) in [7, 11) is 0. The van der Waals surface area contributed by atoms with Gasteiger partial charge >= 0.3 is 0 Å². The predicted molar refractivity (Wildman–Crippen MR) is 76.9 cm³/mol. The Bertz CT molecular complexity index is 380. The lowest BCUT2D eigenvalue weighted by Gasteiger charge is -2.13. The highest BCUT2D eigenvalue weighted by Gasteiger charge is 2.13. The van der Waals surface area contributed by atoms with E-state index in [0.29, 0.717) is 0 Å². The van der Waals surface area contributed by atoms with Gasteiger partial charge in [0, 0.05) is 18.2 Å². The topological polar surface area (TPSA) is 21.3 Å². The molecular formula is C16H23NO. The molecule has 1 saturated carbocycles. The van der Waals surface area contributed by atoms with Crippen molar-refractivity contribution < 1.29 is 4.74 Å². The van der Waals surface area contributed by atoms with Crippen molar-refractivity contribution >= 4 is 6.08 Å². The fraction of sp³-hybridized carbons (Fsp3) is 0.500. The molecule has 1 N–H and O–H groups in total. The smallest absolute Gasteiger partial charge is 0.126 e. The minimum Gasteiger partial charge on any atom is -0.492 e. The van der Waals surface area contributed by atoms with Crippen LogP contribution in [0.5, 0.6) is 5.75 Å². The van der Waals surface area contributed by atoms with E-state index in [1.54, 1.807) is 0 Å². The van der Waals surface area contributed by atoms with Crippen molar-refractivity contribution in [3.8, 4) is 5.75 Å². The van der Waals surface area contributed by atoms with Gasteiger partial charge in [0.15, 0.2) is 0 Å². The highest BCUT2D eigenvalue weighted by molar-refractivity contribution is 5.56. The van der Waals surface area contributed by atoms with Crippen LogP contribution in [0.25, 0.3) is 6.08 Å². The molecule has 0 amide bonds. The van der Waals surface area contributed by atoms with E-state index in [9.17, 15) is 0 Å². The first-order valence-corrected chi connectivity index (χ1v) is 6.98. The molecular weight excluding hydrogens is 222 g/mol. The van der Waals surface area contributed by atoms with Crippen molar-refractivity contribution in [2.45, 2.75) is 38.6 Å². The summed E-state index contributed by atoms with van der Waals surface area (Å²) in [5, 5.41) is 3.56. The Kier molecular flexibility index (Phi) is 5.28. The number of allylic oxidation sites excluding steroid dienone is 1. The first-order valence-electron chi connectivity index (χ1n) is 6.98. The molecule has 0 bridgehead atoms. The first-order chi connectivity index (χ1) is 8.90. The number of benzene rings is 1. The van der Waals surface area contributed by atoms with E-state index in [1.165, 1.54) is 25.7 Å². The molecule has 0 aromatic heterocycles. The zero-order valence-corrected chi connectivity index (χ0v) is 11.2. The number of ether oxygens (including phenoxy) is 1. The molecule has 0 radical (unpaired) electrons. The maximum Gasteiger partial charge on any atom is 0.126 e. The second kappa shape index (κ2) is 7.22. The summed E-state index contributed by atoms with van der Waals surface area (Å²) in [5.74, 6) is 0.976. The zero-order chi connectivity index (χ0) is 12.6. The normalized spacial score (nSPS) is 16.5. The molecule has 1 fully saturated rings. The summed E-state index contributed by atoms with van der Waals surface area (Å²) in [5.41, 5.74) is 1.15. The molecule has 2 nitrogen and oxygen atoms in total. The monoisotopic (exact) mass is 245 g/mol. The number of hydrogen-bond donors (Lipinski definition) is 1. The van der Waals surface area contributed by atoms with E-state index in [-0.39, 0.29) is 0 Å². The molecule has 1 aromatic carbocycles. The van der Waals surface area contributed by atoms with Crippen molar-refractivity contribution in [1.29, 1.82) is 0 Å². The predicted octanol–water partition coefficient (Wildman–Crippen LogP) is 3.63. The molecule has 98 valence electrons. The molecule has 0 heterocycles. The van der Waals surface area contributed by atoms with E-state index < -0.39 is 0 Å². The van der Waals surface area contributed by atoms with Crippen molar-refractivity contribution in [2.75, 3.05) is 13.2 Å². The van der Waals surface area contributed by atoms with Gasteiger partial charge in [0.05, 0.1) is 0 Å². The van der Waals surface area contributed by atoms with Crippen molar-refractivity contribution in [3.63, 3.8) is 0 Å². The lowest BCUT2D eigenvalue weighted by molar-refractivity contribution is 0.304. The van der Waals surface area contributed by atoms with Gasteiger partial charge in [0.1, 0.15) is 12.4 Å². The van der Waals surface area contributed by atoms with Crippen LogP contribution in [0, 0.1) is 0 Å². The van der Waals surface area contributed by atoms with Gasteiger partial charge in [-0.05, 0) is 25.8 Å². The van der Waals surface area contributed by atoms with Crippen LogP contribution in [-0.4, -0.2) is 19.2 Å². The maximum absolute atomic E-state index is 5.84. The van der Waals surface area contributed by atoms with Gasteiger partial charge in [0.2, 0.25) is 0 Å². The minimum atomic E-state index is 0.722. The third kappa shape index (κ3) is 3.88. The van der Waals surface area contributed by atoms with E-state index in [2.05, 4.69) is 17.5 Å². The van der Waals surface area contributed by atoms with Crippen molar-refractivity contribution in [1.82, 2.24) is 5.32 Å². The number of nitrogens with one attached hydrogen (secondary N) is 1. The van der Waals surface area contributed by atoms with E-state index >= 15 is 0 Å². The lowest BCUT2D eigenvalue weighted by atomic mass is 10.2. The Labute approximate surface area is 110 Å². The Morgan fingerprint density at radius 1 is 1.28 bits per heavy atom. The molecule has 0 spiro atoms. The largest absolute Gasteiger partial charge is 0.492 e. The van der Waals surface area contributed by atoms with Crippen LogP contribution in [0.1, 0.15) is 38.2 Å². The highest BCUT2D eigenvalue weighted by atomic mass is 16.5. The minimum absolute atomic E-state index is 0.722.